The molecule has 0 bridgehead atoms. The number of benzene rings is 1. The fourth-order valence-electron chi connectivity index (χ4n) is 3.16. The number of aliphatic hydroxyl groups is 1. The molecule has 1 heterocycles. The molecule has 19 heavy (non-hydrogen) atoms. The fraction of sp³-hybridized carbons (Fsp3) is 0.625. The molecule has 3 heteroatoms. The van der Waals surface area contributed by atoms with Crippen molar-refractivity contribution < 1.29 is 9.84 Å². The molecule has 3 nitrogen and oxygen atoms in total. The average molecular weight is 263 g/mol. The third-order valence-electron chi connectivity index (χ3n) is 4.35. The summed E-state index contributed by atoms with van der Waals surface area (Å²) >= 11 is 0. The molecule has 1 aliphatic heterocycles. The molecule has 0 spiro atoms. The van der Waals surface area contributed by atoms with E-state index in [2.05, 4.69) is 26.0 Å². The summed E-state index contributed by atoms with van der Waals surface area (Å²) < 4.78 is 5.92. The molecule has 1 aromatic carbocycles. The van der Waals surface area contributed by atoms with E-state index in [4.69, 9.17) is 10.5 Å². The second-order valence-electron chi connectivity index (χ2n) is 5.81. The minimum absolute atomic E-state index is 0.0720. The highest BCUT2D eigenvalue weighted by atomic mass is 16.5. The molecule has 0 aliphatic carbocycles. The van der Waals surface area contributed by atoms with Crippen LogP contribution >= 0.6 is 0 Å². The maximum absolute atomic E-state index is 9.95. The summed E-state index contributed by atoms with van der Waals surface area (Å²) in [4.78, 5) is 0. The number of ether oxygens (including phenoxy) is 1. The molecule has 1 aromatic rings. The Morgan fingerprint density at radius 1 is 1.37 bits per heavy atom. The van der Waals surface area contributed by atoms with E-state index in [1.54, 1.807) is 0 Å². The number of hydrogen-bond acceptors (Lipinski definition) is 3. The highest BCUT2D eigenvalue weighted by molar-refractivity contribution is 5.34. The average Bonchev–Trinajstić information content (AvgIpc) is 2.82. The van der Waals surface area contributed by atoms with Gasteiger partial charge in [0.1, 0.15) is 0 Å². The van der Waals surface area contributed by atoms with Gasteiger partial charge < -0.3 is 15.6 Å². The Hall–Kier alpha value is -0.900. The third kappa shape index (κ3) is 2.99. The van der Waals surface area contributed by atoms with Crippen LogP contribution in [0.5, 0.6) is 0 Å². The molecular formula is C16H25NO2. The smallest absolute Gasteiger partial charge is 0.0589 e. The summed E-state index contributed by atoms with van der Waals surface area (Å²) in [5.41, 5.74) is 7.99. The lowest BCUT2D eigenvalue weighted by Crippen LogP contribution is -2.42. The largest absolute Gasteiger partial charge is 0.395 e. The maximum atomic E-state index is 9.95. The van der Waals surface area contributed by atoms with E-state index in [0.717, 1.165) is 24.8 Å². The van der Waals surface area contributed by atoms with E-state index < -0.39 is 0 Å². The summed E-state index contributed by atoms with van der Waals surface area (Å²) in [6, 6.07) is 8.19. The van der Waals surface area contributed by atoms with Crippen molar-refractivity contribution >= 4 is 0 Å². The Morgan fingerprint density at radius 3 is 2.63 bits per heavy atom. The SMILES string of the molecule is Cc1ccccc1C(CN)(CO)CC1CCC(C)O1. The highest BCUT2D eigenvalue weighted by Gasteiger charge is 2.36. The van der Waals surface area contributed by atoms with Crippen LogP contribution in [-0.4, -0.2) is 30.5 Å². The minimum atomic E-state index is -0.375. The van der Waals surface area contributed by atoms with Crippen LogP contribution in [0.4, 0.5) is 0 Å². The molecule has 106 valence electrons. The first-order valence-corrected chi connectivity index (χ1v) is 7.14. The van der Waals surface area contributed by atoms with Gasteiger partial charge in [0.05, 0.1) is 18.8 Å². The Kier molecular flexibility index (Phi) is 4.61. The van der Waals surface area contributed by atoms with Crippen LogP contribution in [0, 0.1) is 6.92 Å². The van der Waals surface area contributed by atoms with Gasteiger partial charge in [-0.3, -0.25) is 0 Å². The summed E-state index contributed by atoms with van der Waals surface area (Å²) in [6.45, 7) is 4.70. The van der Waals surface area contributed by atoms with Crippen LogP contribution in [0.1, 0.15) is 37.3 Å². The van der Waals surface area contributed by atoms with Crippen LogP contribution in [0.2, 0.25) is 0 Å². The predicted molar refractivity (Wildman–Crippen MR) is 77.2 cm³/mol. The molecule has 0 amide bonds. The van der Waals surface area contributed by atoms with E-state index in [9.17, 15) is 5.11 Å². The number of aryl methyl sites for hydroxylation is 1. The number of aliphatic hydroxyl groups excluding tert-OH is 1. The Morgan fingerprint density at radius 2 is 2.11 bits per heavy atom. The number of nitrogens with two attached hydrogens (primary N) is 1. The highest BCUT2D eigenvalue weighted by Crippen LogP contribution is 2.35. The lowest BCUT2D eigenvalue weighted by Gasteiger charge is -2.34. The van der Waals surface area contributed by atoms with Crippen molar-refractivity contribution in [1.29, 1.82) is 0 Å². The zero-order valence-electron chi connectivity index (χ0n) is 11.9. The van der Waals surface area contributed by atoms with Gasteiger partial charge in [0.2, 0.25) is 0 Å². The van der Waals surface area contributed by atoms with E-state index in [1.165, 1.54) is 5.56 Å². The Labute approximate surface area is 115 Å². The van der Waals surface area contributed by atoms with Gasteiger partial charge in [-0.05, 0) is 44.2 Å². The first-order chi connectivity index (χ1) is 9.11. The topological polar surface area (TPSA) is 55.5 Å². The number of rotatable bonds is 5. The third-order valence-corrected chi connectivity index (χ3v) is 4.35. The van der Waals surface area contributed by atoms with E-state index in [-0.39, 0.29) is 18.1 Å². The van der Waals surface area contributed by atoms with Crippen molar-refractivity contribution in [3.8, 4) is 0 Å². The van der Waals surface area contributed by atoms with Gasteiger partial charge in [-0.15, -0.1) is 0 Å². The first kappa shape index (κ1) is 14.5. The first-order valence-electron chi connectivity index (χ1n) is 7.14. The molecule has 1 saturated heterocycles. The van der Waals surface area contributed by atoms with Crippen molar-refractivity contribution in [3.63, 3.8) is 0 Å². The molecule has 2 rings (SSSR count). The summed E-state index contributed by atoms with van der Waals surface area (Å²) in [5.74, 6) is 0. The molecule has 0 saturated carbocycles. The van der Waals surface area contributed by atoms with Crippen LogP contribution in [0.25, 0.3) is 0 Å². The van der Waals surface area contributed by atoms with E-state index >= 15 is 0 Å². The summed E-state index contributed by atoms with van der Waals surface area (Å²) in [5, 5.41) is 9.95. The lowest BCUT2D eigenvalue weighted by molar-refractivity contribution is 0.0268. The number of hydrogen-bond donors (Lipinski definition) is 2. The molecule has 0 aromatic heterocycles. The molecule has 1 aliphatic rings. The van der Waals surface area contributed by atoms with E-state index in [1.807, 2.05) is 12.1 Å². The standard InChI is InChI=1S/C16H25NO2/c1-12-5-3-4-6-15(12)16(10-17,11-18)9-14-8-7-13(2)19-14/h3-6,13-14,18H,7-11,17H2,1-2H3. The van der Waals surface area contributed by atoms with Crippen molar-refractivity contribution in [1.82, 2.24) is 0 Å². The zero-order chi connectivity index (χ0) is 13.9. The monoisotopic (exact) mass is 263 g/mol. The van der Waals surface area contributed by atoms with Crippen LogP contribution in [0.3, 0.4) is 0 Å². The van der Waals surface area contributed by atoms with Gasteiger partial charge in [-0.2, -0.15) is 0 Å². The lowest BCUT2D eigenvalue weighted by atomic mass is 9.74. The molecular weight excluding hydrogens is 238 g/mol. The van der Waals surface area contributed by atoms with Gasteiger partial charge in [0.15, 0.2) is 0 Å². The van der Waals surface area contributed by atoms with Crippen molar-refractivity contribution in [3.05, 3.63) is 35.4 Å². The molecule has 3 N–H and O–H groups in total. The van der Waals surface area contributed by atoms with Gasteiger partial charge in [0, 0.05) is 12.0 Å². The maximum Gasteiger partial charge on any atom is 0.0589 e. The van der Waals surface area contributed by atoms with Crippen LogP contribution in [-0.2, 0) is 10.2 Å². The molecule has 3 atom stereocenters. The molecule has 1 fully saturated rings. The second-order valence-corrected chi connectivity index (χ2v) is 5.81. The Balaban J connectivity index is 2.25. The molecule has 0 radical (unpaired) electrons. The Bertz CT molecular complexity index is 415. The van der Waals surface area contributed by atoms with Crippen molar-refractivity contribution in [2.24, 2.45) is 5.73 Å². The van der Waals surface area contributed by atoms with Crippen molar-refractivity contribution in [2.75, 3.05) is 13.2 Å². The van der Waals surface area contributed by atoms with Crippen LogP contribution in [0.15, 0.2) is 24.3 Å². The van der Waals surface area contributed by atoms with Gasteiger partial charge >= 0.3 is 0 Å². The van der Waals surface area contributed by atoms with Gasteiger partial charge in [-0.25, -0.2) is 0 Å². The minimum Gasteiger partial charge on any atom is -0.395 e. The van der Waals surface area contributed by atoms with Crippen LogP contribution < -0.4 is 5.73 Å². The zero-order valence-corrected chi connectivity index (χ0v) is 11.9. The predicted octanol–water partition coefficient (Wildman–Crippen LogP) is 2.14. The fourth-order valence-corrected chi connectivity index (χ4v) is 3.16. The van der Waals surface area contributed by atoms with Crippen molar-refractivity contribution in [2.45, 2.75) is 50.7 Å². The molecule has 3 unspecified atom stereocenters. The quantitative estimate of drug-likeness (QED) is 0.855. The normalized spacial score (nSPS) is 26.3. The van der Waals surface area contributed by atoms with E-state index in [0.29, 0.717) is 12.6 Å². The summed E-state index contributed by atoms with van der Waals surface area (Å²) in [7, 11) is 0. The van der Waals surface area contributed by atoms with Gasteiger partial charge in [-0.1, -0.05) is 24.3 Å². The summed E-state index contributed by atoms with van der Waals surface area (Å²) in [6.07, 6.45) is 3.51. The van der Waals surface area contributed by atoms with Gasteiger partial charge in [0.25, 0.3) is 0 Å². The second kappa shape index (κ2) is 6.04.